The quantitative estimate of drug-likeness (QED) is 0.573. The Balaban J connectivity index is 1.99. The largest absolute Gasteiger partial charge is 0.282 e. The zero-order valence-electron chi connectivity index (χ0n) is 15.0. The van der Waals surface area contributed by atoms with E-state index >= 15 is 0 Å². The summed E-state index contributed by atoms with van der Waals surface area (Å²) in [6, 6.07) is 2.19. The van der Waals surface area contributed by atoms with E-state index < -0.39 is 0 Å². The topological polar surface area (TPSA) is 70.2 Å². The number of aryl methyl sites for hydroxylation is 2. The molecule has 0 spiro atoms. The van der Waals surface area contributed by atoms with E-state index in [9.17, 15) is 0 Å². The van der Waals surface area contributed by atoms with Gasteiger partial charge in [-0.3, -0.25) is 15.2 Å². The van der Waals surface area contributed by atoms with E-state index in [0.29, 0.717) is 0 Å². The van der Waals surface area contributed by atoms with Gasteiger partial charge in [0, 0.05) is 28.6 Å². The van der Waals surface area contributed by atoms with Crippen LogP contribution in [0.15, 0.2) is 31.2 Å². The molecule has 0 saturated heterocycles. The molecular weight excluding hydrogens is 310 g/mol. The minimum absolute atomic E-state index is 0.934. The van der Waals surface area contributed by atoms with Crippen LogP contribution in [0.2, 0.25) is 0 Å². The van der Waals surface area contributed by atoms with Gasteiger partial charge < -0.3 is 0 Å². The van der Waals surface area contributed by atoms with Gasteiger partial charge in [0.15, 0.2) is 0 Å². The maximum Gasteiger partial charge on any atom is 0.0739 e. The normalized spacial score (nSPS) is 11.0. The SMILES string of the molecule is C=Cc1[nH]ncc1-c1cnc(-c2cn[nH]c2C)cc1CCCCCC. The van der Waals surface area contributed by atoms with Crippen LogP contribution in [0.3, 0.4) is 0 Å². The fourth-order valence-electron chi connectivity index (χ4n) is 3.11. The molecule has 3 aromatic heterocycles. The fraction of sp³-hybridized carbons (Fsp3) is 0.350. The molecule has 0 unspecified atom stereocenters. The van der Waals surface area contributed by atoms with Gasteiger partial charge in [0.05, 0.1) is 23.8 Å². The van der Waals surface area contributed by atoms with Crippen molar-refractivity contribution in [3.05, 3.63) is 48.2 Å². The molecule has 2 N–H and O–H groups in total. The first-order chi connectivity index (χ1) is 12.2. The van der Waals surface area contributed by atoms with Crippen LogP contribution in [0.4, 0.5) is 0 Å². The molecule has 5 nitrogen and oxygen atoms in total. The smallest absolute Gasteiger partial charge is 0.0739 e. The van der Waals surface area contributed by atoms with Crippen LogP contribution in [0.5, 0.6) is 0 Å². The van der Waals surface area contributed by atoms with Crippen molar-refractivity contribution in [2.24, 2.45) is 0 Å². The molecule has 0 atom stereocenters. The third kappa shape index (κ3) is 3.71. The summed E-state index contributed by atoms with van der Waals surface area (Å²) in [7, 11) is 0. The lowest BCUT2D eigenvalue weighted by molar-refractivity contribution is 0.667. The van der Waals surface area contributed by atoms with Crippen molar-refractivity contribution in [1.82, 2.24) is 25.4 Å². The van der Waals surface area contributed by atoms with Crippen molar-refractivity contribution in [2.75, 3.05) is 0 Å². The van der Waals surface area contributed by atoms with E-state index in [1.54, 1.807) is 6.08 Å². The minimum Gasteiger partial charge on any atom is -0.282 e. The maximum atomic E-state index is 4.68. The van der Waals surface area contributed by atoms with Crippen molar-refractivity contribution in [1.29, 1.82) is 0 Å². The zero-order valence-corrected chi connectivity index (χ0v) is 15.0. The number of nitrogens with one attached hydrogen (secondary N) is 2. The predicted molar refractivity (Wildman–Crippen MR) is 102 cm³/mol. The standard InChI is InChI=1S/C20H25N5/c1-4-6-7-8-9-15-10-20(16-12-22-24-14(16)3)21-11-17(15)18-13-23-25-19(18)5-2/h5,10-13H,2,4,6-9H2,1,3H3,(H,22,24)(H,23,25). The van der Waals surface area contributed by atoms with E-state index in [4.69, 9.17) is 0 Å². The summed E-state index contributed by atoms with van der Waals surface area (Å²) in [6.07, 6.45) is 13.4. The van der Waals surface area contributed by atoms with Crippen molar-refractivity contribution < 1.29 is 0 Å². The fourth-order valence-corrected chi connectivity index (χ4v) is 3.11. The molecule has 130 valence electrons. The molecule has 0 aliphatic carbocycles. The highest BCUT2D eigenvalue weighted by Crippen LogP contribution is 2.30. The lowest BCUT2D eigenvalue weighted by Gasteiger charge is -2.11. The summed E-state index contributed by atoms with van der Waals surface area (Å²) < 4.78 is 0. The number of hydrogen-bond donors (Lipinski definition) is 2. The molecule has 0 fully saturated rings. The second-order valence-electron chi connectivity index (χ2n) is 6.35. The number of hydrogen-bond acceptors (Lipinski definition) is 3. The van der Waals surface area contributed by atoms with Crippen LogP contribution in [0.25, 0.3) is 28.5 Å². The molecule has 0 aliphatic rings. The molecule has 3 rings (SSSR count). The third-order valence-electron chi connectivity index (χ3n) is 4.56. The van der Waals surface area contributed by atoms with E-state index in [1.807, 2.05) is 25.5 Å². The summed E-state index contributed by atoms with van der Waals surface area (Å²) in [5.74, 6) is 0. The molecule has 3 heterocycles. The first kappa shape index (κ1) is 17.1. The van der Waals surface area contributed by atoms with E-state index in [1.165, 1.54) is 31.2 Å². The number of aromatic amines is 2. The number of unbranched alkanes of at least 4 members (excludes halogenated alkanes) is 3. The van der Waals surface area contributed by atoms with Crippen LogP contribution in [-0.2, 0) is 6.42 Å². The van der Waals surface area contributed by atoms with Gasteiger partial charge in [-0.25, -0.2) is 0 Å². The van der Waals surface area contributed by atoms with Crippen molar-refractivity contribution in [2.45, 2.75) is 46.0 Å². The van der Waals surface area contributed by atoms with Gasteiger partial charge in [-0.2, -0.15) is 10.2 Å². The lowest BCUT2D eigenvalue weighted by atomic mass is 9.96. The Morgan fingerprint density at radius 3 is 2.52 bits per heavy atom. The molecule has 0 saturated carbocycles. The Bertz CT molecular complexity index is 843. The van der Waals surface area contributed by atoms with Crippen LogP contribution >= 0.6 is 0 Å². The molecule has 0 radical (unpaired) electrons. The van der Waals surface area contributed by atoms with Crippen LogP contribution in [0, 0.1) is 6.92 Å². The molecule has 0 aromatic carbocycles. The number of aromatic nitrogens is 5. The Kier molecular flexibility index (Phi) is 5.43. The summed E-state index contributed by atoms with van der Waals surface area (Å²) in [5, 5.41) is 14.3. The van der Waals surface area contributed by atoms with Gasteiger partial charge in [-0.05, 0) is 37.5 Å². The monoisotopic (exact) mass is 335 g/mol. The molecule has 25 heavy (non-hydrogen) atoms. The molecule has 0 bridgehead atoms. The molecular formula is C20H25N5. The molecule has 0 aliphatic heterocycles. The zero-order chi connectivity index (χ0) is 17.6. The second kappa shape index (κ2) is 7.92. The first-order valence-corrected chi connectivity index (χ1v) is 8.90. The Morgan fingerprint density at radius 2 is 1.80 bits per heavy atom. The van der Waals surface area contributed by atoms with E-state index in [0.717, 1.165) is 40.2 Å². The molecule has 3 aromatic rings. The van der Waals surface area contributed by atoms with Crippen LogP contribution in [0.1, 0.15) is 49.6 Å². The summed E-state index contributed by atoms with van der Waals surface area (Å²) in [5.41, 5.74) is 7.47. The number of nitrogens with zero attached hydrogens (tertiary/aromatic N) is 3. The van der Waals surface area contributed by atoms with E-state index in [2.05, 4.69) is 44.9 Å². The van der Waals surface area contributed by atoms with Gasteiger partial charge in [0.1, 0.15) is 0 Å². The van der Waals surface area contributed by atoms with Gasteiger partial charge in [-0.15, -0.1) is 0 Å². The summed E-state index contributed by atoms with van der Waals surface area (Å²) >= 11 is 0. The Morgan fingerprint density at radius 1 is 1.00 bits per heavy atom. The summed E-state index contributed by atoms with van der Waals surface area (Å²) in [6.45, 7) is 8.13. The van der Waals surface area contributed by atoms with Gasteiger partial charge in [0.2, 0.25) is 0 Å². The van der Waals surface area contributed by atoms with Crippen LogP contribution in [-0.4, -0.2) is 25.4 Å². The Labute approximate surface area is 148 Å². The third-order valence-corrected chi connectivity index (χ3v) is 4.56. The highest BCUT2D eigenvalue weighted by Gasteiger charge is 2.14. The lowest BCUT2D eigenvalue weighted by Crippen LogP contribution is -1.96. The van der Waals surface area contributed by atoms with Crippen molar-refractivity contribution in [3.8, 4) is 22.4 Å². The molecule has 5 heteroatoms. The van der Waals surface area contributed by atoms with Crippen LogP contribution < -0.4 is 0 Å². The van der Waals surface area contributed by atoms with E-state index in [-0.39, 0.29) is 0 Å². The maximum absolute atomic E-state index is 4.68. The van der Waals surface area contributed by atoms with Crippen molar-refractivity contribution in [3.63, 3.8) is 0 Å². The minimum atomic E-state index is 0.934. The average Bonchev–Trinajstić information content (AvgIpc) is 3.27. The highest BCUT2D eigenvalue weighted by atomic mass is 15.1. The van der Waals surface area contributed by atoms with Gasteiger partial charge >= 0.3 is 0 Å². The Hall–Kier alpha value is -2.69. The van der Waals surface area contributed by atoms with Crippen molar-refractivity contribution >= 4 is 6.08 Å². The van der Waals surface area contributed by atoms with Gasteiger partial charge in [-0.1, -0.05) is 32.8 Å². The number of H-pyrrole nitrogens is 2. The van der Waals surface area contributed by atoms with Gasteiger partial charge in [0.25, 0.3) is 0 Å². The predicted octanol–water partition coefficient (Wildman–Crippen LogP) is 4.94. The number of rotatable bonds is 8. The number of pyridine rings is 1. The second-order valence-corrected chi connectivity index (χ2v) is 6.35. The first-order valence-electron chi connectivity index (χ1n) is 8.90. The highest BCUT2D eigenvalue weighted by molar-refractivity contribution is 5.76. The molecule has 0 amide bonds. The summed E-state index contributed by atoms with van der Waals surface area (Å²) in [4.78, 5) is 4.68. The average molecular weight is 335 g/mol.